The van der Waals surface area contributed by atoms with Gasteiger partial charge in [0.15, 0.2) is 6.29 Å². The second kappa shape index (κ2) is 20.0. The summed E-state index contributed by atoms with van der Waals surface area (Å²) in [7, 11) is -3.99. The minimum Gasteiger partial charge on any atom is -0.392 e. The number of ether oxygens (including phenoxy) is 2. The highest BCUT2D eigenvalue weighted by Crippen LogP contribution is 2.43. The van der Waals surface area contributed by atoms with Crippen molar-refractivity contribution in [2.75, 3.05) is 5.75 Å². The highest BCUT2D eigenvalue weighted by Gasteiger charge is 2.39. The largest absolute Gasteiger partial charge is 0.392 e. The molecule has 6 aromatic carbocycles. The Morgan fingerprint density at radius 2 is 1.46 bits per heavy atom. The summed E-state index contributed by atoms with van der Waals surface area (Å²) >= 11 is 1.52. The van der Waals surface area contributed by atoms with Crippen LogP contribution in [-0.4, -0.2) is 57.5 Å². The van der Waals surface area contributed by atoms with E-state index in [1.165, 1.54) is 23.9 Å². The molecule has 0 radical (unpaired) electrons. The fourth-order valence-electron chi connectivity index (χ4n) is 7.56. The Labute approximate surface area is 371 Å². The number of tetrazole rings is 1. The van der Waals surface area contributed by atoms with Crippen molar-refractivity contribution in [2.45, 2.75) is 68.0 Å². The summed E-state index contributed by atoms with van der Waals surface area (Å²) in [5.74, 6) is 0.0858. The molecule has 8 rings (SSSR count). The highest BCUT2D eigenvalue weighted by atomic mass is 32.2. The lowest BCUT2D eigenvalue weighted by Crippen LogP contribution is -2.47. The molecule has 3 N–H and O–H groups in total. The number of nitrogens with zero attached hydrogens (tertiary/aromatic N) is 4. The van der Waals surface area contributed by atoms with E-state index in [1.807, 2.05) is 140 Å². The van der Waals surface area contributed by atoms with Gasteiger partial charge in [-0.05, 0) is 81.4 Å². The summed E-state index contributed by atoms with van der Waals surface area (Å²) in [6.07, 6.45) is -1.06. The standard InChI is InChI=1S/C49H48N6O6S2/c1-33-17-27-42(28-18-33)63(58,59)52-44(29-35-11-5-3-6-12-35)47(57)50-30-40-13-9-10-16-43(40)37-23-25-39(26-24-37)48-60-45(34(2)46(61-48)38-21-19-36(31-56)20-22-38)32-62-49-51-53-54-55(49)41-14-7-4-8-15-41/h3-28,34,44-46,48,52,56H,29-32H2,1-2H3,(H,50,57)/t34-,44+,45+,46+,48+/m0/s1. The number of hydrogen-bond donors (Lipinski definition) is 3. The topological polar surface area (TPSA) is 158 Å². The zero-order chi connectivity index (χ0) is 43.8. The number of aromatic nitrogens is 4. The normalized spacial score (nSPS) is 18.1. The predicted octanol–water partition coefficient (Wildman–Crippen LogP) is 7.92. The fraction of sp³-hybridized carbons (Fsp3) is 0.224. The number of nitrogens with one attached hydrogen (secondary N) is 2. The second-order valence-electron chi connectivity index (χ2n) is 15.5. The predicted molar refractivity (Wildman–Crippen MR) is 242 cm³/mol. The zero-order valence-electron chi connectivity index (χ0n) is 34.8. The molecule has 0 saturated carbocycles. The van der Waals surface area contributed by atoms with Crippen LogP contribution in [0.5, 0.6) is 0 Å². The van der Waals surface area contributed by atoms with E-state index in [1.54, 1.807) is 16.8 Å². The number of aliphatic hydroxyl groups excluding tert-OH is 1. The number of aryl methyl sites for hydroxylation is 1. The van der Waals surface area contributed by atoms with Gasteiger partial charge >= 0.3 is 0 Å². The molecule has 0 bridgehead atoms. The van der Waals surface area contributed by atoms with Crippen molar-refractivity contribution < 1.29 is 27.8 Å². The van der Waals surface area contributed by atoms with Crippen molar-refractivity contribution in [3.05, 3.63) is 191 Å². The number of rotatable bonds is 16. The van der Waals surface area contributed by atoms with Crippen LogP contribution in [0.1, 0.15) is 52.7 Å². The Hall–Kier alpha value is -6.00. The molecule has 63 heavy (non-hydrogen) atoms. The Bertz CT molecular complexity index is 2700. The quantitative estimate of drug-likeness (QED) is 0.0815. The van der Waals surface area contributed by atoms with E-state index in [2.05, 4.69) is 32.5 Å². The van der Waals surface area contributed by atoms with Gasteiger partial charge in [0, 0.05) is 23.8 Å². The number of hydrogen-bond acceptors (Lipinski definition) is 10. The molecule has 0 aliphatic carbocycles. The minimum atomic E-state index is -3.99. The van der Waals surface area contributed by atoms with Crippen LogP contribution in [0.3, 0.4) is 0 Å². The lowest BCUT2D eigenvalue weighted by molar-refractivity contribution is -0.268. The fourth-order valence-corrected chi connectivity index (χ4v) is 9.81. The van der Waals surface area contributed by atoms with Crippen LogP contribution in [0, 0.1) is 12.8 Å². The second-order valence-corrected chi connectivity index (χ2v) is 18.2. The van der Waals surface area contributed by atoms with Gasteiger partial charge in [0.25, 0.3) is 0 Å². The SMILES string of the molecule is Cc1ccc(S(=O)(=O)N[C@H](Cc2ccccc2)C(=O)NCc2ccccc2-c2ccc([C@@H]3O[C@H](CSc4nnnn4-c4ccccc4)[C@H](C)[C@H](c4ccc(CO)cc4)O3)cc2)cc1. The van der Waals surface area contributed by atoms with Crippen LogP contribution in [-0.2, 0) is 43.9 Å². The van der Waals surface area contributed by atoms with Gasteiger partial charge in [-0.1, -0.05) is 158 Å². The van der Waals surface area contributed by atoms with E-state index in [9.17, 15) is 18.3 Å². The first-order chi connectivity index (χ1) is 30.6. The molecule has 12 nitrogen and oxygen atoms in total. The maximum Gasteiger partial charge on any atom is 0.241 e. The molecule has 1 aliphatic heterocycles. The van der Waals surface area contributed by atoms with Crippen molar-refractivity contribution in [3.63, 3.8) is 0 Å². The molecule has 5 atom stereocenters. The summed E-state index contributed by atoms with van der Waals surface area (Å²) in [5, 5.41) is 25.8. The van der Waals surface area contributed by atoms with Crippen LogP contribution < -0.4 is 10.0 Å². The van der Waals surface area contributed by atoms with Gasteiger partial charge in [-0.25, -0.2) is 8.42 Å². The Morgan fingerprint density at radius 1 is 0.794 bits per heavy atom. The van der Waals surface area contributed by atoms with Crippen molar-refractivity contribution in [3.8, 4) is 16.8 Å². The Balaban J connectivity index is 0.994. The van der Waals surface area contributed by atoms with E-state index in [0.29, 0.717) is 10.9 Å². The van der Waals surface area contributed by atoms with Crippen LogP contribution in [0.25, 0.3) is 16.8 Å². The summed E-state index contributed by atoms with van der Waals surface area (Å²) in [6.45, 7) is 4.13. The van der Waals surface area contributed by atoms with E-state index in [0.717, 1.165) is 50.2 Å². The average molecular weight is 881 g/mol. The molecule has 1 saturated heterocycles. The number of benzene rings is 6. The van der Waals surface area contributed by atoms with Gasteiger partial charge in [0.1, 0.15) is 6.04 Å². The molecule has 7 aromatic rings. The zero-order valence-corrected chi connectivity index (χ0v) is 36.5. The monoisotopic (exact) mass is 880 g/mol. The summed E-state index contributed by atoms with van der Waals surface area (Å²) in [5.41, 5.74) is 7.95. The van der Waals surface area contributed by atoms with Gasteiger partial charge < -0.3 is 19.9 Å². The number of amides is 1. The van der Waals surface area contributed by atoms with Gasteiger partial charge in [-0.15, -0.1) is 5.10 Å². The highest BCUT2D eigenvalue weighted by molar-refractivity contribution is 7.99. The van der Waals surface area contributed by atoms with E-state index in [-0.39, 0.29) is 42.6 Å². The van der Waals surface area contributed by atoms with E-state index < -0.39 is 28.3 Å². The molecule has 0 spiro atoms. The summed E-state index contributed by atoms with van der Waals surface area (Å²) in [4.78, 5) is 14.0. The van der Waals surface area contributed by atoms with Crippen molar-refractivity contribution >= 4 is 27.7 Å². The number of carbonyl (C=O) groups excluding carboxylic acids is 1. The van der Waals surface area contributed by atoms with E-state index >= 15 is 0 Å². The molecule has 1 aromatic heterocycles. The van der Waals surface area contributed by atoms with Gasteiger partial charge in [0.05, 0.1) is 29.4 Å². The van der Waals surface area contributed by atoms with E-state index in [4.69, 9.17) is 9.47 Å². The third-order valence-electron chi connectivity index (χ3n) is 11.1. The molecule has 0 unspecified atom stereocenters. The van der Waals surface area contributed by atoms with Crippen molar-refractivity contribution in [1.82, 2.24) is 30.2 Å². The van der Waals surface area contributed by atoms with Gasteiger partial charge in [0.2, 0.25) is 21.1 Å². The summed E-state index contributed by atoms with van der Waals surface area (Å²) in [6, 6.07) is 48.2. The van der Waals surface area contributed by atoms with Crippen molar-refractivity contribution in [2.24, 2.45) is 5.92 Å². The molecule has 14 heteroatoms. The summed E-state index contributed by atoms with van der Waals surface area (Å²) < 4.78 is 44.8. The smallest absolute Gasteiger partial charge is 0.241 e. The number of thioether (sulfide) groups is 1. The number of para-hydroxylation sites is 1. The molecule has 1 fully saturated rings. The number of sulfonamides is 1. The van der Waals surface area contributed by atoms with Gasteiger partial charge in [-0.3, -0.25) is 4.79 Å². The maximum atomic E-state index is 13.9. The molecule has 2 heterocycles. The van der Waals surface area contributed by atoms with Crippen LogP contribution >= 0.6 is 11.8 Å². The maximum absolute atomic E-state index is 13.9. The average Bonchev–Trinajstić information content (AvgIpc) is 3.80. The van der Waals surface area contributed by atoms with Gasteiger partial charge in [-0.2, -0.15) is 9.40 Å². The molecule has 322 valence electrons. The molecular formula is C49H48N6O6S2. The number of carbonyl (C=O) groups is 1. The van der Waals surface area contributed by atoms with Crippen molar-refractivity contribution in [1.29, 1.82) is 0 Å². The molecule has 1 amide bonds. The van der Waals surface area contributed by atoms with Crippen LogP contribution in [0.4, 0.5) is 0 Å². The minimum absolute atomic E-state index is 0.0404. The first-order valence-corrected chi connectivity index (χ1v) is 23.2. The first-order valence-electron chi connectivity index (χ1n) is 20.7. The van der Waals surface area contributed by atoms with Crippen LogP contribution in [0.15, 0.2) is 168 Å². The Morgan fingerprint density at radius 3 is 2.17 bits per heavy atom. The lowest BCUT2D eigenvalue weighted by atomic mass is 9.91. The first kappa shape index (κ1) is 43.6. The third kappa shape index (κ3) is 10.6. The third-order valence-corrected chi connectivity index (χ3v) is 13.6. The number of aliphatic hydroxyl groups is 1. The molecule has 1 aliphatic rings. The van der Waals surface area contributed by atoms with Crippen LogP contribution in [0.2, 0.25) is 0 Å². The Kier molecular flexibility index (Phi) is 13.9. The molecular weight excluding hydrogens is 833 g/mol. The lowest BCUT2D eigenvalue weighted by Gasteiger charge is -2.41.